The number of rotatable bonds is 6. The standard InChI is InChI=1S/C31H31ClN4OS2/c1-20-16-21(2)19-35(18-20)26-12-11-22(17-24(26)32)36-30(29(34-31(36)38)25-10-6-7-15-33-25)27-13-14-28(37-27)39-23-8-4-3-5-9-23/h3-15,17,20-21,29-30H,16,18-19H2,1-2H3,(H,34,38). The maximum Gasteiger partial charge on any atom is 0.174 e. The Morgan fingerprint density at radius 3 is 2.46 bits per heavy atom. The minimum atomic E-state index is -0.227. The topological polar surface area (TPSA) is 44.5 Å². The highest BCUT2D eigenvalue weighted by Gasteiger charge is 2.43. The molecule has 39 heavy (non-hydrogen) atoms. The number of piperidine rings is 1. The van der Waals surface area contributed by atoms with E-state index < -0.39 is 0 Å². The van der Waals surface area contributed by atoms with Crippen molar-refractivity contribution in [3.63, 3.8) is 0 Å². The maximum atomic E-state index is 6.95. The van der Waals surface area contributed by atoms with Gasteiger partial charge in [0.15, 0.2) is 10.2 Å². The number of furan rings is 1. The molecule has 8 heteroatoms. The van der Waals surface area contributed by atoms with Crippen molar-refractivity contribution in [2.45, 2.75) is 42.3 Å². The minimum absolute atomic E-state index is 0.179. The number of nitrogens with one attached hydrogen (secondary N) is 1. The van der Waals surface area contributed by atoms with Gasteiger partial charge in [0.05, 0.1) is 22.4 Å². The SMILES string of the molecule is CC1CC(C)CN(c2ccc(N3C(=S)NC(c4ccccn4)C3c3ccc(Sc4ccccc4)o3)cc2Cl)C1. The van der Waals surface area contributed by atoms with Crippen LogP contribution in [-0.2, 0) is 0 Å². The van der Waals surface area contributed by atoms with Gasteiger partial charge in [-0.2, -0.15) is 0 Å². The first-order valence-electron chi connectivity index (χ1n) is 13.3. The van der Waals surface area contributed by atoms with Gasteiger partial charge in [-0.1, -0.05) is 61.5 Å². The summed E-state index contributed by atoms with van der Waals surface area (Å²) in [5.41, 5.74) is 2.91. The van der Waals surface area contributed by atoms with Crippen LogP contribution in [0, 0.1) is 11.8 Å². The molecule has 2 saturated heterocycles. The van der Waals surface area contributed by atoms with Gasteiger partial charge in [-0.15, -0.1) is 0 Å². The Hall–Kier alpha value is -3.00. The van der Waals surface area contributed by atoms with E-state index >= 15 is 0 Å². The number of nitrogens with zero attached hydrogens (tertiary/aromatic N) is 3. The van der Waals surface area contributed by atoms with E-state index in [4.69, 9.17) is 28.2 Å². The molecule has 2 fully saturated rings. The van der Waals surface area contributed by atoms with E-state index in [0.29, 0.717) is 16.9 Å². The van der Waals surface area contributed by atoms with E-state index in [1.54, 1.807) is 11.8 Å². The number of pyridine rings is 1. The van der Waals surface area contributed by atoms with Crippen molar-refractivity contribution in [2.75, 3.05) is 22.9 Å². The summed E-state index contributed by atoms with van der Waals surface area (Å²) in [4.78, 5) is 10.3. The van der Waals surface area contributed by atoms with Crippen LogP contribution in [0.15, 0.2) is 99.5 Å². The molecule has 0 aliphatic carbocycles. The fraction of sp³-hybridized carbons (Fsp3) is 0.290. The van der Waals surface area contributed by atoms with Crippen LogP contribution in [0.3, 0.4) is 0 Å². The summed E-state index contributed by atoms with van der Waals surface area (Å²) >= 11 is 14.5. The van der Waals surface area contributed by atoms with Crippen molar-refractivity contribution in [1.82, 2.24) is 10.3 Å². The molecule has 4 heterocycles. The lowest BCUT2D eigenvalue weighted by Gasteiger charge is -2.37. The third-order valence-corrected chi connectivity index (χ3v) is 8.92. The monoisotopic (exact) mass is 574 g/mol. The molecular weight excluding hydrogens is 544 g/mol. The lowest BCUT2D eigenvalue weighted by atomic mass is 9.91. The van der Waals surface area contributed by atoms with Crippen molar-refractivity contribution in [3.8, 4) is 0 Å². The van der Waals surface area contributed by atoms with E-state index in [1.807, 2.05) is 60.8 Å². The van der Waals surface area contributed by atoms with Gasteiger partial charge >= 0.3 is 0 Å². The van der Waals surface area contributed by atoms with Crippen LogP contribution in [0.5, 0.6) is 0 Å². The lowest BCUT2D eigenvalue weighted by molar-refractivity contribution is 0.357. The molecule has 2 aliphatic heterocycles. The predicted molar refractivity (Wildman–Crippen MR) is 164 cm³/mol. The van der Waals surface area contributed by atoms with Crippen molar-refractivity contribution in [2.24, 2.45) is 11.8 Å². The molecule has 6 rings (SSSR count). The van der Waals surface area contributed by atoms with Crippen LogP contribution in [-0.4, -0.2) is 23.2 Å². The zero-order chi connectivity index (χ0) is 26.9. The summed E-state index contributed by atoms with van der Waals surface area (Å²) in [7, 11) is 0. The molecule has 2 aromatic carbocycles. The molecule has 0 radical (unpaired) electrons. The molecular formula is C31H31ClN4OS2. The molecule has 4 unspecified atom stereocenters. The van der Waals surface area contributed by atoms with E-state index in [1.165, 1.54) is 6.42 Å². The second-order valence-electron chi connectivity index (χ2n) is 10.6. The van der Waals surface area contributed by atoms with E-state index in [0.717, 1.165) is 50.9 Å². The molecule has 2 aromatic heterocycles. The van der Waals surface area contributed by atoms with E-state index in [-0.39, 0.29) is 12.1 Å². The predicted octanol–water partition coefficient (Wildman–Crippen LogP) is 8.14. The van der Waals surface area contributed by atoms with Gasteiger partial charge < -0.3 is 19.5 Å². The van der Waals surface area contributed by atoms with Gasteiger partial charge in [0.25, 0.3) is 0 Å². The molecule has 1 N–H and O–H groups in total. The quantitative estimate of drug-likeness (QED) is 0.233. The van der Waals surface area contributed by atoms with Crippen LogP contribution >= 0.6 is 35.6 Å². The maximum absolute atomic E-state index is 6.95. The van der Waals surface area contributed by atoms with Gasteiger partial charge in [0, 0.05) is 29.9 Å². The molecule has 4 aromatic rings. The zero-order valence-electron chi connectivity index (χ0n) is 22.0. The fourth-order valence-electron chi connectivity index (χ4n) is 5.84. The Balaban J connectivity index is 1.35. The average Bonchev–Trinajstić information content (AvgIpc) is 3.53. The number of aromatic nitrogens is 1. The first-order chi connectivity index (χ1) is 19.0. The normalized spacial score (nSPS) is 23.2. The second-order valence-corrected chi connectivity index (χ2v) is 12.4. The third-order valence-electron chi connectivity index (χ3n) is 7.37. The highest BCUT2D eigenvalue weighted by Crippen LogP contribution is 2.45. The largest absolute Gasteiger partial charge is 0.452 e. The van der Waals surface area contributed by atoms with Crippen molar-refractivity contribution in [3.05, 3.63) is 102 Å². The molecule has 200 valence electrons. The highest BCUT2D eigenvalue weighted by molar-refractivity contribution is 7.99. The number of benzene rings is 2. The summed E-state index contributed by atoms with van der Waals surface area (Å²) in [6.07, 6.45) is 3.06. The summed E-state index contributed by atoms with van der Waals surface area (Å²) in [5, 5.41) is 5.69. The minimum Gasteiger partial charge on any atom is -0.452 e. The Morgan fingerprint density at radius 2 is 1.74 bits per heavy atom. The van der Waals surface area contributed by atoms with E-state index in [2.05, 4.69) is 58.2 Å². The van der Waals surface area contributed by atoms with Crippen LogP contribution in [0.25, 0.3) is 0 Å². The molecule has 0 saturated carbocycles. The van der Waals surface area contributed by atoms with Crippen molar-refractivity contribution < 1.29 is 4.42 Å². The van der Waals surface area contributed by atoms with Crippen molar-refractivity contribution in [1.29, 1.82) is 0 Å². The molecule has 2 aliphatic rings. The lowest BCUT2D eigenvalue weighted by Crippen LogP contribution is -2.38. The summed E-state index contributed by atoms with van der Waals surface area (Å²) in [5.74, 6) is 2.10. The molecule has 5 nitrogen and oxygen atoms in total. The molecule has 0 bridgehead atoms. The van der Waals surface area contributed by atoms with Gasteiger partial charge in [-0.3, -0.25) is 4.98 Å². The number of hydrogen-bond donors (Lipinski definition) is 1. The Bertz CT molecular complexity index is 1440. The van der Waals surface area contributed by atoms with Crippen LogP contribution in [0.1, 0.15) is 43.8 Å². The van der Waals surface area contributed by atoms with Gasteiger partial charge in [-0.05, 0) is 85.1 Å². The van der Waals surface area contributed by atoms with Gasteiger partial charge in [0.1, 0.15) is 11.8 Å². The summed E-state index contributed by atoms with van der Waals surface area (Å²) < 4.78 is 6.45. The zero-order valence-corrected chi connectivity index (χ0v) is 24.3. The van der Waals surface area contributed by atoms with Crippen LogP contribution in [0.4, 0.5) is 11.4 Å². The number of anilines is 2. The smallest absolute Gasteiger partial charge is 0.174 e. The molecule has 0 amide bonds. The average molecular weight is 575 g/mol. The number of thiocarbonyl (C=S) groups is 1. The Morgan fingerprint density at radius 1 is 0.974 bits per heavy atom. The number of halogens is 1. The Labute approximate surface area is 244 Å². The molecule has 4 atom stereocenters. The van der Waals surface area contributed by atoms with Crippen LogP contribution in [0.2, 0.25) is 5.02 Å². The van der Waals surface area contributed by atoms with Crippen molar-refractivity contribution >= 4 is 52.1 Å². The Kier molecular flexibility index (Phi) is 7.56. The number of hydrogen-bond acceptors (Lipinski definition) is 5. The van der Waals surface area contributed by atoms with Gasteiger partial charge in [0.2, 0.25) is 0 Å². The third kappa shape index (κ3) is 5.53. The highest BCUT2D eigenvalue weighted by atomic mass is 35.5. The summed E-state index contributed by atoms with van der Waals surface area (Å²) in [6, 6.07) is 26.1. The van der Waals surface area contributed by atoms with Gasteiger partial charge in [-0.25, -0.2) is 0 Å². The molecule has 0 spiro atoms. The first kappa shape index (κ1) is 26.2. The first-order valence-corrected chi connectivity index (χ1v) is 14.9. The van der Waals surface area contributed by atoms with E-state index in [9.17, 15) is 0 Å². The summed E-state index contributed by atoms with van der Waals surface area (Å²) in [6.45, 7) is 6.67. The second kappa shape index (κ2) is 11.2. The van der Waals surface area contributed by atoms with Crippen LogP contribution < -0.4 is 15.1 Å². The fourth-order valence-corrected chi connectivity index (χ4v) is 7.28.